The highest BCUT2D eigenvalue weighted by Gasteiger charge is 2.29. The molecule has 0 saturated carbocycles. The molecule has 1 saturated heterocycles. The van der Waals surface area contributed by atoms with E-state index >= 15 is 0 Å². The van der Waals surface area contributed by atoms with Crippen LogP contribution in [-0.4, -0.2) is 34.0 Å². The van der Waals surface area contributed by atoms with Crippen molar-refractivity contribution in [3.05, 3.63) is 47.6 Å². The summed E-state index contributed by atoms with van der Waals surface area (Å²) in [6.45, 7) is 6.43. The first kappa shape index (κ1) is 17.6. The second-order valence-corrected chi connectivity index (χ2v) is 6.59. The highest BCUT2D eigenvalue weighted by Crippen LogP contribution is 2.26. The number of benzene rings is 1. The Bertz CT molecular complexity index is 678. The van der Waals surface area contributed by atoms with Crippen LogP contribution in [0.1, 0.15) is 50.0 Å². The minimum absolute atomic E-state index is 0.0843. The lowest BCUT2D eigenvalue weighted by molar-refractivity contribution is -0.126. The lowest BCUT2D eigenvalue weighted by Crippen LogP contribution is -2.41. The monoisotopic (exact) mass is 342 g/mol. The molecule has 0 radical (unpaired) electrons. The molecule has 0 aliphatic carbocycles. The van der Waals surface area contributed by atoms with Crippen LogP contribution in [-0.2, 0) is 17.8 Å². The van der Waals surface area contributed by atoms with Crippen LogP contribution in [0.15, 0.2) is 34.9 Å². The largest absolute Gasteiger partial charge is 0.352 e. The molecule has 1 aromatic carbocycles. The van der Waals surface area contributed by atoms with Crippen molar-refractivity contribution in [2.45, 2.75) is 45.7 Å². The van der Waals surface area contributed by atoms with E-state index < -0.39 is 0 Å². The van der Waals surface area contributed by atoms with E-state index in [-0.39, 0.29) is 17.9 Å². The van der Waals surface area contributed by atoms with Crippen molar-refractivity contribution in [2.75, 3.05) is 13.1 Å². The summed E-state index contributed by atoms with van der Waals surface area (Å²) in [5.74, 6) is 1.66. The third-order valence-corrected chi connectivity index (χ3v) is 4.92. The van der Waals surface area contributed by atoms with Crippen LogP contribution in [0.25, 0.3) is 0 Å². The molecule has 6 nitrogen and oxygen atoms in total. The first-order valence-corrected chi connectivity index (χ1v) is 9.05. The fraction of sp³-hybridized carbons (Fsp3) is 0.526. The number of likely N-dealkylation sites (tertiary alicyclic amines) is 1. The van der Waals surface area contributed by atoms with Crippen LogP contribution < -0.4 is 5.32 Å². The standard InChI is InChI=1S/C19H26N4O2/c1-3-17-21-19(25-22-17)14(2)23-11-9-16(10-12-23)18(24)20-13-15-7-5-4-6-8-15/h4-8,14,16H,3,9-13H2,1-2H3,(H,20,24). The predicted molar refractivity (Wildman–Crippen MR) is 94.7 cm³/mol. The molecule has 1 fully saturated rings. The molecule has 1 aromatic heterocycles. The van der Waals surface area contributed by atoms with E-state index in [0.717, 1.165) is 43.7 Å². The number of hydrogen-bond donors (Lipinski definition) is 1. The number of hydrogen-bond acceptors (Lipinski definition) is 5. The predicted octanol–water partition coefficient (Wildman–Crippen LogP) is 2.72. The smallest absolute Gasteiger partial charge is 0.243 e. The molecule has 1 unspecified atom stereocenters. The molecule has 0 spiro atoms. The Morgan fingerprint density at radius 1 is 1.32 bits per heavy atom. The number of aromatic nitrogens is 2. The Balaban J connectivity index is 1.47. The molecule has 1 N–H and O–H groups in total. The van der Waals surface area contributed by atoms with Crippen molar-refractivity contribution in [3.63, 3.8) is 0 Å². The van der Waals surface area contributed by atoms with Gasteiger partial charge in [0.15, 0.2) is 5.82 Å². The number of nitrogens with one attached hydrogen (secondary N) is 1. The van der Waals surface area contributed by atoms with Crippen molar-refractivity contribution in [2.24, 2.45) is 5.92 Å². The maximum absolute atomic E-state index is 12.4. The molecule has 1 amide bonds. The summed E-state index contributed by atoms with van der Waals surface area (Å²) in [4.78, 5) is 19.1. The summed E-state index contributed by atoms with van der Waals surface area (Å²) in [6.07, 6.45) is 2.50. The Kier molecular flexibility index (Phi) is 5.81. The van der Waals surface area contributed by atoms with Gasteiger partial charge in [0.2, 0.25) is 11.8 Å². The SMILES string of the molecule is CCc1noc(C(C)N2CCC(C(=O)NCc3ccccc3)CC2)n1. The number of carbonyl (C=O) groups is 1. The van der Waals surface area contributed by atoms with Gasteiger partial charge in [-0.3, -0.25) is 9.69 Å². The van der Waals surface area contributed by atoms with Gasteiger partial charge in [0, 0.05) is 18.9 Å². The molecule has 1 aliphatic rings. The maximum Gasteiger partial charge on any atom is 0.243 e. The number of nitrogens with zero attached hydrogens (tertiary/aromatic N) is 3. The molecule has 0 bridgehead atoms. The van der Waals surface area contributed by atoms with Crippen molar-refractivity contribution >= 4 is 5.91 Å². The lowest BCUT2D eigenvalue weighted by Gasteiger charge is -2.33. The summed E-state index contributed by atoms with van der Waals surface area (Å²) in [7, 11) is 0. The van der Waals surface area contributed by atoms with E-state index in [4.69, 9.17) is 4.52 Å². The van der Waals surface area contributed by atoms with E-state index in [2.05, 4.69) is 27.3 Å². The zero-order valence-electron chi connectivity index (χ0n) is 14.9. The first-order chi connectivity index (χ1) is 12.2. The average molecular weight is 342 g/mol. The molecule has 6 heteroatoms. The molecule has 1 aliphatic heterocycles. The van der Waals surface area contributed by atoms with Gasteiger partial charge in [-0.05, 0) is 38.4 Å². The summed E-state index contributed by atoms with van der Waals surface area (Å²) < 4.78 is 5.35. The summed E-state index contributed by atoms with van der Waals surface area (Å²) >= 11 is 0. The van der Waals surface area contributed by atoms with Gasteiger partial charge >= 0.3 is 0 Å². The molecule has 3 rings (SSSR count). The van der Waals surface area contributed by atoms with Crippen molar-refractivity contribution in [1.29, 1.82) is 0 Å². The molecule has 25 heavy (non-hydrogen) atoms. The summed E-state index contributed by atoms with van der Waals surface area (Å²) in [5.41, 5.74) is 1.13. The van der Waals surface area contributed by atoms with Gasteiger partial charge in [-0.2, -0.15) is 4.98 Å². The van der Waals surface area contributed by atoms with Crippen LogP contribution in [0.4, 0.5) is 0 Å². The van der Waals surface area contributed by atoms with Gasteiger partial charge in [0.05, 0.1) is 6.04 Å². The first-order valence-electron chi connectivity index (χ1n) is 9.05. The molecule has 2 aromatic rings. The molecule has 1 atom stereocenters. The van der Waals surface area contributed by atoms with Crippen LogP contribution in [0.5, 0.6) is 0 Å². The maximum atomic E-state index is 12.4. The van der Waals surface area contributed by atoms with Crippen LogP contribution >= 0.6 is 0 Å². The number of carbonyl (C=O) groups excluding carboxylic acids is 1. The van der Waals surface area contributed by atoms with E-state index in [9.17, 15) is 4.79 Å². The summed E-state index contributed by atoms with van der Waals surface area (Å²) in [6, 6.07) is 10.1. The molecular formula is C19H26N4O2. The van der Waals surface area contributed by atoms with Crippen LogP contribution in [0, 0.1) is 5.92 Å². The fourth-order valence-corrected chi connectivity index (χ4v) is 3.22. The van der Waals surface area contributed by atoms with E-state index in [0.29, 0.717) is 12.4 Å². The van der Waals surface area contributed by atoms with E-state index in [1.807, 2.05) is 37.3 Å². The Labute approximate surface area is 148 Å². The van der Waals surface area contributed by atoms with Gasteiger partial charge in [0.25, 0.3) is 0 Å². The van der Waals surface area contributed by atoms with Crippen LogP contribution in [0.2, 0.25) is 0 Å². The van der Waals surface area contributed by atoms with Crippen molar-refractivity contribution < 1.29 is 9.32 Å². The highest BCUT2D eigenvalue weighted by atomic mass is 16.5. The number of rotatable bonds is 6. The molecule has 134 valence electrons. The van der Waals surface area contributed by atoms with Gasteiger partial charge in [-0.25, -0.2) is 0 Å². The van der Waals surface area contributed by atoms with Crippen molar-refractivity contribution in [3.8, 4) is 0 Å². The highest BCUT2D eigenvalue weighted by molar-refractivity contribution is 5.78. The number of piperidine rings is 1. The van der Waals surface area contributed by atoms with Gasteiger partial charge in [0.1, 0.15) is 0 Å². The van der Waals surface area contributed by atoms with Crippen molar-refractivity contribution in [1.82, 2.24) is 20.4 Å². The quantitative estimate of drug-likeness (QED) is 0.874. The second-order valence-electron chi connectivity index (χ2n) is 6.59. The Morgan fingerprint density at radius 2 is 2.04 bits per heavy atom. The topological polar surface area (TPSA) is 71.3 Å². The Hall–Kier alpha value is -2.21. The molecule has 2 heterocycles. The normalized spacial score (nSPS) is 17.4. The van der Waals surface area contributed by atoms with Gasteiger partial charge in [-0.15, -0.1) is 0 Å². The average Bonchev–Trinajstić information content (AvgIpc) is 3.16. The fourth-order valence-electron chi connectivity index (χ4n) is 3.22. The zero-order valence-corrected chi connectivity index (χ0v) is 14.9. The molecular weight excluding hydrogens is 316 g/mol. The second kappa shape index (κ2) is 8.25. The van der Waals surface area contributed by atoms with Gasteiger partial charge < -0.3 is 9.84 Å². The minimum atomic E-state index is 0.0843. The summed E-state index contributed by atoms with van der Waals surface area (Å²) in [5, 5.41) is 7.03. The Morgan fingerprint density at radius 3 is 2.68 bits per heavy atom. The third-order valence-electron chi connectivity index (χ3n) is 4.92. The lowest BCUT2D eigenvalue weighted by atomic mass is 9.95. The van der Waals surface area contributed by atoms with E-state index in [1.165, 1.54) is 0 Å². The minimum Gasteiger partial charge on any atom is -0.352 e. The van der Waals surface area contributed by atoms with E-state index in [1.54, 1.807) is 0 Å². The third kappa shape index (κ3) is 4.45. The van der Waals surface area contributed by atoms with Crippen LogP contribution in [0.3, 0.4) is 0 Å². The number of amides is 1. The number of aryl methyl sites for hydroxylation is 1. The zero-order chi connectivity index (χ0) is 17.6. The van der Waals surface area contributed by atoms with Gasteiger partial charge in [-0.1, -0.05) is 42.4 Å².